The average molecular weight is 274 g/mol. The Morgan fingerprint density at radius 3 is 2.80 bits per heavy atom. The second-order valence-corrected chi connectivity index (χ2v) is 5.59. The number of aryl methyl sites for hydroxylation is 1. The van der Waals surface area contributed by atoms with Crippen LogP contribution in [0.2, 0.25) is 0 Å². The van der Waals surface area contributed by atoms with E-state index < -0.39 is 0 Å². The summed E-state index contributed by atoms with van der Waals surface area (Å²) < 4.78 is 7.73. The third kappa shape index (κ3) is 4.09. The first kappa shape index (κ1) is 15.1. The summed E-state index contributed by atoms with van der Waals surface area (Å²) in [6.07, 6.45) is 4.86. The monoisotopic (exact) mass is 274 g/mol. The summed E-state index contributed by atoms with van der Waals surface area (Å²) in [4.78, 5) is 0. The van der Waals surface area contributed by atoms with Crippen LogP contribution in [0.3, 0.4) is 0 Å². The molecule has 2 rings (SSSR count). The summed E-state index contributed by atoms with van der Waals surface area (Å²) in [7, 11) is 2.11. The maximum atomic E-state index is 5.54. The summed E-state index contributed by atoms with van der Waals surface area (Å²) in [6, 6.07) is 8.56. The molecule has 0 aliphatic rings. The molecule has 0 atom stereocenters. The van der Waals surface area contributed by atoms with Gasteiger partial charge in [-0.1, -0.05) is 18.2 Å². The highest BCUT2D eigenvalue weighted by Gasteiger charge is 2.04. The van der Waals surface area contributed by atoms with Gasteiger partial charge in [0.25, 0.3) is 0 Å². The van der Waals surface area contributed by atoms with Gasteiger partial charge in [-0.05, 0) is 44.9 Å². The Morgan fingerprint density at radius 2 is 2.00 bits per heavy atom. The minimum absolute atomic E-state index is 0.346. The number of hydrogen-bond donors (Lipinski definition) is 1. The predicted molar refractivity (Wildman–Crippen MR) is 84.9 cm³/mol. The quantitative estimate of drug-likeness (QED) is 0.746. The molecule has 0 fully saturated rings. The molecular weight excluding hydrogens is 248 g/mol. The molecule has 0 aliphatic heterocycles. The maximum absolute atomic E-state index is 5.54. The van der Waals surface area contributed by atoms with Crippen LogP contribution in [0.1, 0.15) is 32.3 Å². The highest BCUT2D eigenvalue weighted by atomic mass is 16.5. The largest absolute Gasteiger partial charge is 0.379 e. The van der Waals surface area contributed by atoms with E-state index in [0.29, 0.717) is 6.10 Å². The molecular formula is C17H26N2O. The van der Waals surface area contributed by atoms with Crippen LogP contribution in [-0.2, 0) is 18.3 Å². The fourth-order valence-corrected chi connectivity index (χ4v) is 2.46. The lowest BCUT2D eigenvalue weighted by Gasteiger charge is -2.07. The van der Waals surface area contributed by atoms with Gasteiger partial charge in [-0.2, -0.15) is 0 Å². The van der Waals surface area contributed by atoms with Crippen LogP contribution in [0.4, 0.5) is 0 Å². The predicted octanol–water partition coefficient (Wildman–Crippen LogP) is 3.47. The third-order valence-corrected chi connectivity index (χ3v) is 3.49. The number of benzene rings is 1. The van der Waals surface area contributed by atoms with Crippen molar-refractivity contribution in [3.8, 4) is 0 Å². The number of aromatic nitrogens is 1. The van der Waals surface area contributed by atoms with Crippen molar-refractivity contribution in [1.82, 2.24) is 9.88 Å². The number of unbranched alkanes of at least 4 members (excludes halogenated alkanes) is 1. The van der Waals surface area contributed by atoms with Gasteiger partial charge in [0.15, 0.2) is 0 Å². The molecule has 0 bridgehead atoms. The fraction of sp³-hybridized carbons (Fsp3) is 0.529. The Morgan fingerprint density at radius 1 is 1.20 bits per heavy atom. The molecule has 0 saturated carbocycles. The minimum Gasteiger partial charge on any atom is -0.379 e. The molecule has 0 radical (unpaired) electrons. The van der Waals surface area contributed by atoms with Gasteiger partial charge in [-0.25, -0.2) is 0 Å². The van der Waals surface area contributed by atoms with Crippen LogP contribution >= 0.6 is 0 Å². The number of hydrogen-bond acceptors (Lipinski definition) is 2. The fourth-order valence-electron chi connectivity index (χ4n) is 2.46. The van der Waals surface area contributed by atoms with Crippen LogP contribution in [0.5, 0.6) is 0 Å². The van der Waals surface area contributed by atoms with Crippen molar-refractivity contribution in [3.63, 3.8) is 0 Å². The number of nitrogens with zero attached hydrogens (tertiary/aromatic N) is 1. The van der Waals surface area contributed by atoms with Crippen LogP contribution in [-0.4, -0.2) is 23.8 Å². The maximum Gasteiger partial charge on any atom is 0.0518 e. The van der Waals surface area contributed by atoms with Gasteiger partial charge in [0.1, 0.15) is 0 Å². The second kappa shape index (κ2) is 7.46. The van der Waals surface area contributed by atoms with Gasteiger partial charge >= 0.3 is 0 Å². The summed E-state index contributed by atoms with van der Waals surface area (Å²) >= 11 is 0. The molecule has 1 N–H and O–H groups in total. The van der Waals surface area contributed by atoms with Crippen molar-refractivity contribution in [2.45, 2.75) is 39.3 Å². The molecule has 1 aromatic carbocycles. The lowest BCUT2D eigenvalue weighted by molar-refractivity contribution is 0.0760. The molecule has 1 aromatic heterocycles. The topological polar surface area (TPSA) is 26.2 Å². The summed E-state index contributed by atoms with van der Waals surface area (Å²) in [5, 5.41) is 4.88. The smallest absolute Gasteiger partial charge is 0.0518 e. The zero-order valence-electron chi connectivity index (χ0n) is 12.9. The van der Waals surface area contributed by atoms with Crippen molar-refractivity contribution in [1.29, 1.82) is 0 Å². The molecule has 0 unspecified atom stereocenters. The Hall–Kier alpha value is -1.32. The van der Waals surface area contributed by atoms with Gasteiger partial charge in [0.05, 0.1) is 6.10 Å². The zero-order chi connectivity index (χ0) is 14.4. The Labute approximate surface area is 121 Å². The van der Waals surface area contributed by atoms with E-state index in [1.807, 2.05) is 0 Å². The van der Waals surface area contributed by atoms with Crippen molar-refractivity contribution < 1.29 is 4.74 Å². The van der Waals surface area contributed by atoms with Crippen molar-refractivity contribution in [2.24, 2.45) is 7.05 Å². The molecule has 3 heteroatoms. The lowest BCUT2D eigenvalue weighted by Crippen LogP contribution is -2.15. The molecule has 0 aliphatic carbocycles. The van der Waals surface area contributed by atoms with Crippen LogP contribution in [0.15, 0.2) is 30.5 Å². The van der Waals surface area contributed by atoms with Crippen molar-refractivity contribution >= 4 is 10.9 Å². The number of nitrogens with one attached hydrogen (secondary N) is 1. The van der Waals surface area contributed by atoms with Gasteiger partial charge in [0, 0.05) is 37.3 Å². The third-order valence-electron chi connectivity index (χ3n) is 3.49. The van der Waals surface area contributed by atoms with E-state index in [-0.39, 0.29) is 0 Å². The number of para-hydroxylation sites is 1. The van der Waals surface area contributed by atoms with E-state index in [4.69, 9.17) is 4.74 Å². The van der Waals surface area contributed by atoms with E-state index in [0.717, 1.165) is 32.5 Å². The second-order valence-electron chi connectivity index (χ2n) is 5.59. The van der Waals surface area contributed by atoms with Crippen LogP contribution in [0, 0.1) is 0 Å². The molecule has 3 nitrogen and oxygen atoms in total. The number of rotatable bonds is 8. The normalized spacial score (nSPS) is 11.6. The standard InChI is InChI=1S/C17H26N2O/c1-14(2)20-11-7-6-10-18-12-15-13-19(3)17-9-5-4-8-16(15)17/h4-5,8-9,13-14,18H,6-7,10-12H2,1-3H3. The zero-order valence-corrected chi connectivity index (χ0v) is 12.9. The SMILES string of the molecule is CC(C)OCCCCNCc1cn(C)c2ccccc12. The van der Waals surface area contributed by atoms with E-state index in [2.05, 4.69) is 61.2 Å². The van der Waals surface area contributed by atoms with Gasteiger partial charge in [0.2, 0.25) is 0 Å². The summed E-state index contributed by atoms with van der Waals surface area (Å²) in [5.41, 5.74) is 2.68. The van der Waals surface area contributed by atoms with Gasteiger partial charge in [-0.15, -0.1) is 0 Å². The summed E-state index contributed by atoms with van der Waals surface area (Å²) in [6.45, 7) is 7.02. The van der Waals surface area contributed by atoms with E-state index in [9.17, 15) is 0 Å². The van der Waals surface area contributed by atoms with E-state index in [1.165, 1.54) is 16.5 Å². The molecule has 0 saturated heterocycles. The van der Waals surface area contributed by atoms with Crippen molar-refractivity contribution in [3.05, 3.63) is 36.0 Å². The Kier molecular flexibility index (Phi) is 5.62. The molecule has 20 heavy (non-hydrogen) atoms. The van der Waals surface area contributed by atoms with Crippen LogP contribution < -0.4 is 5.32 Å². The van der Waals surface area contributed by atoms with E-state index in [1.54, 1.807) is 0 Å². The van der Waals surface area contributed by atoms with Crippen LogP contribution in [0.25, 0.3) is 10.9 Å². The number of fused-ring (bicyclic) bond motifs is 1. The Balaban J connectivity index is 1.74. The highest BCUT2D eigenvalue weighted by molar-refractivity contribution is 5.83. The molecule has 0 spiro atoms. The first-order valence-electron chi connectivity index (χ1n) is 7.53. The first-order valence-corrected chi connectivity index (χ1v) is 7.53. The minimum atomic E-state index is 0.346. The van der Waals surface area contributed by atoms with Gasteiger partial charge < -0.3 is 14.6 Å². The highest BCUT2D eigenvalue weighted by Crippen LogP contribution is 2.19. The lowest BCUT2D eigenvalue weighted by atomic mass is 10.2. The van der Waals surface area contributed by atoms with E-state index >= 15 is 0 Å². The summed E-state index contributed by atoms with van der Waals surface area (Å²) in [5.74, 6) is 0. The molecule has 2 aromatic rings. The molecule has 0 amide bonds. The number of ether oxygens (including phenoxy) is 1. The first-order chi connectivity index (χ1) is 9.68. The molecule has 1 heterocycles. The van der Waals surface area contributed by atoms with Crippen molar-refractivity contribution in [2.75, 3.05) is 13.2 Å². The van der Waals surface area contributed by atoms with Gasteiger partial charge in [-0.3, -0.25) is 0 Å². The average Bonchev–Trinajstić information content (AvgIpc) is 2.75. The molecule has 110 valence electrons. The Bertz CT molecular complexity index is 531.